The third kappa shape index (κ3) is 4.74. The lowest BCUT2D eigenvalue weighted by atomic mass is 10.2. The van der Waals surface area contributed by atoms with Gasteiger partial charge in [-0.25, -0.2) is 9.97 Å². The van der Waals surface area contributed by atoms with Crippen LogP contribution < -0.4 is 5.32 Å². The maximum Gasteiger partial charge on any atom is 0.141 e. The minimum Gasteiger partial charge on any atom is -0.370 e. The summed E-state index contributed by atoms with van der Waals surface area (Å²) in [4.78, 5) is 10.4. The summed E-state index contributed by atoms with van der Waals surface area (Å²) in [5.74, 6) is 2.62. The van der Waals surface area contributed by atoms with Crippen LogP contribution >= 0.6 is 11.8 Å². The minimum absolute atomic E-state index is 0.798. The summed E-state index contributed by atoms with van der Waals surface area (Å²) in [6.07, 6.45) is 1.09. The van der Waals surface area contributed by atoms with Gasteiger partial charge in [0.15, 0.2) is 0 Å². The summed E-state index contributed by atoms with van der Waals surface area (Å²) in [6, 6.07) is 8.55. The summed E-state index contributed by atoms with van der Waals surface area (Å²) < 4.78 is 0. The molecule has 2 aromatic rings. The van der Waals surface area contributed by atoms with Gasteiger partial charge in [-0.2, -0.15) is 0 Å². The van der Waals surface area contributed by atoms with Gasteiger partial charge in [0.2, 0.25) is 0 Å². The van der Waals surface area contributed by atoms with E-state index in [2.05, 4.69) is 54.3 Å². The van der Waals surface area contributed by atoms with Gasteiger partial charge in [0.25, 0.3) is 0 Å². The van der Waals surface area contributed by atoms with Crippen molar-refractivity contribution in [3.05, 3.63) is 46.9 Å². The zero-order valence-electron chi connectivity index (χ0n) is 13.2. The van der Waals surface area contributed by atoms with Crippen LogP contribution in [0, 0.1) is 20.8 Å². The molecule has 0 amide bonds. The molecule has 0 aliphatic rings. The quantitative estimate of drug-likeness (QED) is 0.796. The van der Waals surface area contributed by atoms with Crippen molar-refractivity contribution >= 4 is 17.6 Å². The second kappa shape index (κ2) is 7.46. The highest BCUT2D eigenvalue weighted by atomic mass is 32.2. The molecule has 0 spiro atoms. The highest BCUT2D eigenvalue weighted by Gasteiger charge is 2.05. The van der Waals surface area contributed by atoms with Gasteiger partial charge in [0, 0.05) is 23.2 Å². The molecule has 112 valence electrons. The van der Waals surface area contributed by atoms with Gasteiger partial charge in [0.1, 0.15) is 11.6 Å². The molecule has 0 saturated heterocycles. The zero-order valence-corrected chi connectivity index (χ0v) is 14.0. The lowest BCUT2D eigenvalue weighted by Crippen LogP contribution is -2.05. The number of nitrogens with one attached hydrogen (secondary N) is 1. The van der Waals surface area contributed by atoms with Crippen molar-refractivity contribution in [1.29, 1.82) is 0 Å². The number of aryl methyl sites for hydroxylation is 3. The molecule has 4 heteroatoms. The highest BCUT2D eigenvalue weighted by molar-refractivity contribution is 7.98. The van der Waals surface area contributed by atoms with Gasteiger partial charge >= 0.3 is 0 Å². The standard InChI is InChI=1S/C17H23N3S/c1-5-8-18-16-10-14(4)19-17(20-16)11-21-15-7-6-12(2)9-13(15)3/h6-7,9-10H,5,8,11H2,1-4H3,(H,18,19,20). The number of hydrogen-bond acceptors (Lipinski definition) is 4. The third-order valence-corrected chi connectivity index (χ3v) is 4.32. The van der Waals surface area contributed by atoms with Gasteiger partial charge in [-0.1, -0.05) is 24.6 Å². The molecule has 0 saturated carbocycles. The van der Waals surface area contributed by atoms with E-state index in [4.69, 9.17) is 0 Å². The van der Waals surface area contributed by atoms with E-state index in [0.717, 1.165) is 36.1 Å². The molecule has 0 atom stereocenters. The van der Waals surface area contributed by atoms with Crippen molar-refractivity contribution in [3.63, 3.8) is 0 Å². The van der Waals surface area contributed by atoms with Crippen LogP contribution in [0.3, 0.4) is 0 Å². The number of rotatable bonds is 6. The molecule has 0 aliphatic heterocycles. The SMILES string of the molecule is CCCNc1cc(C)nc(CSc2ccc(C)cc2C)n1. The summed E-state index contributed by atoms with van der Waals surface area (Å²) in [5, 5.41) is 3.33. The Bertz CT molecular complexity index is 611. The van der Waals surface area contributed by atoms with E-state index in [9.17, 15) is 0 Å². The molecule has 0 bridgehead atoms. The normalized spacial score (nSPS) is 10.7. The molecular formula is C17H23N3S. The van der Waals surface area contributed by atoms with Gasteiger partial charge < -0.3 is 5.32 Å². The van der Waals surface area contributed by atoms with Crippen molar-refractivity contribution in [2.24, 2.45) is 0 Å². The minimum atomic E-state index is 0.798. The molecule has 21 heavy (non-hydrogen) atoms. The van der Waals surface area contributed by atoms with Crippen molar-refractivity contribution in [2.75, 3.05) is 11.9 Å². The summed E-state index contributed by atoms with van der Waals surface area (Å²) >= 11 is 1.80. The smallest absolute Gasteiger partial charge is 0.141 e. The highest BCUT2D eigenvalue weighted by Crippen LogP contribution is 2.26. The molecule has 0 radical (unpaired) electrons. The Morgan fingerprint density at radius 3 is 2.62 bits per heavy atom. The number of thioether (sulfide) groups is 1. The van der Waals surface area contributed by atoms with Crippen LogP contribution in [0.15, 0.2) is 29.2 Å². The first kappa shape index (κ1) is 15.8. The second-order valence-corrected chi connectivity index (χ2v) is 6.31. The molecular weight excluding hydrogens is 278 g/mol. The second-order valence-electron chi connectivity index (χ2n) is 5.30. The van der Waals surface area contributed by atoms with Crippen LogP contribution in [0.1, 0.15) is 36.0 Å². The van der Waals surface area contributed by atoms with E-state index in [-0.39, 0.29) is 0 Å². The van der Waals surface area contributed by atoms with Crippen LogP contribution in [0.25, 0.3) is 0 Å². The molecule has 0 aliphatic carbocycles. The molecule has 1 aromatic heterocycles. The van der Waals surface area contributed by atoms with E-state index < -0.39 is 0 Å². The molecule has 1 aromatic carbocycles. The molecule has 1 N–H and O–H groups in total. The average molecular weight is 301 g/mol. The Labute approximate surface area is 131 Å². The Morgan fingerprint density at radius 2 is 1.90 bits per heavy atom. The molecule has 0 fully saturated rings. The fourth-order valence-electron chi connectivity index (χ4n) is 2.14. The van der Waals surface area contributed by atoms with Crippen molar-refractivity contribution in [1.82, 2.24) is 9.97 Å². The lowest BCUT2D eigenvalue weighted by molar-refractivity contribution is 0.940. The molecule has 2 rings (SSSR count). The number of nitrogens with zero attached hydrogens (tertiary/aromatic N) is 2. The van der Waals surface area contributed by atoms with E-state index in [1.165, 1.54) is 16.0 Å². The average Bonchev–Trinajstić information content (AvgIpc) is 2.43. The maximum atomic E-state index is 4.59. The molecule has 3 nitrogen and oxygen atoms in total. The van der Waals surface area contributed by atoms with Crippen LogP contribution in [-0.2, 0) is 5.75 Å². The Kier molecular flexibility index (Phi) is 5.62. The Morgan fingerprint density at radius 1 is 1.10 bits per heavy atom. The first-order valence-corrected chi connectivity index (χ1v) is 8.35. The van der Waals surface area contributed by atoms with Crippen LogP contribution in [0.4, 0.5) is 5.82 Å². The van der Waals surface area contributed by atoms with Gasteiger partial charge in [0.05, 0.1) is 5.75 Å². The Balaban J connectivity index is 2.07. The largest absolute Gasteiger partial charge is 0.370 e. The monoisotopic (exact) mass is 301 g/mol. The van der Waals surface area contributed by atoms with E-state index in [1.807, 2.05) is 13.0 Å². The number of aromatic nitrogens is 2. The summed E-state index contributed by atoms with van der Waals surface area (Å²) in [6.45, 7) is 9.39. The predicted molar refractivity (Wildman–Crippen MR) is 91.0 cm³/mol. The first-order valence-electron chi connectivity index (χ1n) is 7.37. The van der Waals surface area contributed by atoms with Crippen LogP contribution in [0.2, 0.25) is 0 Å². The van der Waals surface area contributed by atoms with Crippen LogP contribution in [-0.4, -0.2) is 16.5 Å². The zero-order chi connectivity index (χ0) is 15.2. The van der Waals surface area contributed by atoms with Gasteiger partial charge in [-0.05, 0) is 38.8 Å². The van der Waals surface area contributed by atoms with Gasteiger partial charge in [-0.15, -0.1) is 11.8 Å². The maximum absolute atomic E-state index is 4.59. The van der Waals surface area contributed by atoms with Crippen molar-refractivity contribution in [3.8, 4) is 0 Å². The number of benzene rings is 1. The van der Waals surface area contributed by atoms with E-state index in [1.54, 1.807) is 11.8 Å². The first-order chi connectivity index (χ1) is 10.1. The fourth-order valence-corrected chi connectivity index (χ4v) is 3.01. The third-order valence-electron chi connectivity index (χ3n) is 3.14. The fraction of sp³-hybridized carbons (Fsp3) is 0.412. The molecule has 0 unspecified atom stereocenters. The predicted octanol–water partition coefficient (Wildman–Crippen LogP) is 4.52. The Hall–Kier alpha value is -1.55. The van der Waals surface area contributed by atoms with Gasteiger partial charge in [-0.3, -0.25) is 0 Å². The van der Waals surface area contributed by atoms with E-state index in [0.29, 0.717) is 0 Å². The summed E-state index contributed by atoms with van der Waals surface area (Å²) in [7, 11) is 0. The summed E-state index contributed by atoms with van der Waals surface area (Å²) in [5.41, 5.74) is 3.63. The lowest BCUT2D eigenvalue weighted by Gasteiger charge is -2.09. The van der Waals surface area contributed by atoms with Crippen LogP contribution in [0.5, 0.6) is 0 Å². The van der Waals surface area contributed by atoms with Crippen molar-refractivity contribution < 1.29 is 0 Å². The molecule has 1 heterocycles. The number of anilines is 1. The number of hydrogen-bond donors (Lipinski definition) is 1. The van der Waals surface area contributed by atoms with E-state index >= 15 is 0 Å². The topological polar surface area (TPSA) is 37.8 Å². The van der Waals surface area contributed by atoms with Crippen molar-refractivity contribution in [2.45, 2.75) is 44.8 Å².